The molecule has 0 unspecified atom stereocenters. The van der Waals surface area contributed by atoms with Crippen LogP contribution in [0.4, 0.5) is 23.2 Å². The van der Waals surface area contributed by atoms with Crippen molar-refractivity contribution in [3.63, 3.8) is 0 Å². The first-order valence-corrected chi connectivity index (χ1v) is 4.54. The molecule has 6 heteroatoms. The van der Waals surface area contributed by atoms with Gasteiger partial charge in [0.15, 0.2) is 11.6 Å². The molecule has 0 atom stereocenters. The van der Waals surface area contributed by atoms with E-state index in [4.69, 9.17) is 0 Å². The molecule has 2 nitrogen and oxygen atoms in total. The number of hydrogen-bond acceptors (Lipinski definition) is 2. The Hall–Kier alpha value is -1.46. The van der Waals surface area contributed by atoms with Crippen LogP contribution in [0.25, 0.3) is 0 Å². The number of rotatable bonds is 4. The molecule has 1 N–H and O–H groups in total. The Morgan fingerprint density at radius 1 is 1.38 bits per heavy atom. The average Bonchev–Trinajstić information content (AvgIpc) is 2.22. The number of anilines is 1. The van der Waals surface area contributed by atoms with E-state index in [2.05, 4.69) is 10.1 Å². The van der Waals surface area contributed by atoms with Crippen molar-refractivity contribution in [2.24, 2.45) is 0 Å². The zero-order valence-electron chi connectivity index (χ0n) is 8.78. The molecule has 0 fully saturated rings. The summed E-state index contributed by atoms with van der Waals surface area (Å²) in [6.07, 6.45) is -2.73. The molecule has 0 aliphatic rings. The lowest BCUT2D eigenvalue weighted by Gasteiger charge is -2.12. The van der Waals surface area contributed by atoms with Crippen molar-refractivity contribution in [3.05, 3.63) is 23.3 Å². The maximum Gasteiger partial charge on any atom is 0.272 e. The second kappa shape index (κ2) is 5.05. The minimum atomic E-state index is -2.73. The third-order valence-electron chi connectivity index (χ3n) is 2.04. The highest BCUT2D eigenvalue weighted by molar-refractivity contribution is 5.56. The predicted molar refractivity (Wildman–Crippen MR) is 52.1 cm³/mol. The second-order valence-electron chi connectivity index (χ2n) is 3.12. The van der Waals surface area contributed by atoms with E-state index < -0.39 is 30.4 Å². The Balaban J connectivity index is 3.06. The van der Waals surface area contributed by atoms with E-state index in [1.165, 1.54) is 14.0 Å². The lowest BCUT2D eigenvalue weighted by atomic mass is 10.1. The van der Waals surface area contributed by atoms with Crippen LogP contribution in [-0.4, -0.2) is 20.1 Å². The standard InChI is InChI=1S/C10H11F4NO/c1-5-6(11)3-7(16-4-8(12)13)9(14)10(5)15-2/h3,8,15H,4H2,1-2H3. The van der Waals surface area contributed by atoms with Crippen molar-refractivity contribution in [3.8, 4) is 5.75 Å². The molecule has 0 amide bonds. The third kappa shape index (κ3) is 2.56. The molecule has 0 saturated carbocycles. The van der Waals surface area contributed by atoms with Gasteiger partial charge in [-0.3, -0.25) is 0 Å². The fourth-order valence-electron chi connectivity index (χ4n) is 1.25. The number of halogens is 4. The quantitative estimate of drug-likeness (QED) is 0.813. The normalized spacial score (nSPS) is 10.7. The van der Waals surface area contributed by atoms with Gasteiger partial charge in [0, 0.05) is 18.7 Å². The van der Waals surface area contributed by atoms with Crippen LogP contribution < -0.4 is 10.1 Å². The molecule has 0 radical (unpaired) electrons. The first-order chi connectivity index (χ1) is 7.47. The Bertz CT molecular complexity index is 382. The molecule has 1 aromatic carbocycles. The van der Waals surface area contributed by atoms with E-state index in [1.54, 1.807) is 0 Å². The molecule has 0 heterocycles. The molecular formula is C10H11F4NO. The maximum atomic E-state index is 13.6. The molecule has 0 bridgehead atoms. The van der Waals surface area contributed by atoms with E-state index in [0.717, 1.165) is 6.07 Å². The van der Waals surface area contributed by atoms with Crippen molar-refractivity contribution in [2.75, 3.05) is 19.0 Å². The van der Waals surface area contributed by atoms with Crippen LogP contribution in [0.1, 0.15) is 5.56 Å². The Morgan fingerprint density at radius 2 is 2.00 bits per heavy atom. The lowest BCUT2D eigenvalue weighted by molar-refractivity contribution is 0.0797. The minimum absolute atomic E-state index is 0.0735. The Kier molecular flexibility index (Phi) is 3.98. The summed E-state index contributed by atoms with van der Waals surface area (Å²) in [6.45, 7) is 0.406. The first kappa shape index (κ1) is 12.6. The highest BCUT2D eigenvalue weighted by Gasteiger charge is 2.17. The molecule has 0 aliphatic carbocycles. The van der Waals surface area contributed by atoms with Gasteiger partial charge in [0.2, 0.25) is 0 Å². The van der Waals surface area contributed by atoms with E-state index in [1.807, 2.05) is 0 Å². The molecule has 16 heavy (non-hydrogen) atoms. The summed E-state index contributed by atoms with van der Waals surface area (Å²) in [6, 6.07) is 0.758. The summed E-state index contributed by atoms with van der Waals surface area (Å²) in [5.74, 6) is -2.11. The molecule has 0 saturated heterocycles. The summed E-state index contributed by atoms with van der Waals surface area (Å²) in [7, 11) is 1.40. The molecule has 90 valence electrons. The van der Waals surface area contributed by atoms with Crippen LogP contribution in [0.15, 0.2) is 6.07 Å². The topological polar surface area (TPSA) is 21.3 Å². The Labute approximate surface area is 90.2 Å². The van der Waals surface area contributed by atoms with Gasteiger partial charge in [0.05, 0.1) is 5.69 Å². The van der Waals surface area contributed by atoms with Gasteiger partial charge in [-0.2, -0.15) is 0 Å². The van der Waals surface area contributed by atoms with Crippen molar-refractivity contribution in [1.82, 2.24) is 0 Å². The summed E-state index contributed by atoms with van der Waals surface area (Å²) >= 11 is 0. The maximum absolute atomic E-state index is 13.6. The van der Waals surface area contributed by atoms with Crippen LogP contribution in [0, 0.1) is 18.6 Å². The SMILES string of the molecule is CNc1c(C)c(F)cc(OCC(F)F)c1F. The summed E-state index contributed by atoms with van der Waals surface area (Å²) in [5, 5.41) is 2.45. The first-order valence-electron chi connectivity index (χ1n) is 4.54. The van der Waals surface area contributed by atoms with Crippen LogP contribution in [0.2, 0.25) is 0 Å². The van der Waals surface area contributed by atoms with Gasteiger partial charge in [-0.15, -0.1) is 0 Å². The van der Waals surface area contributed by atoms with E-state index in [0.29, 0.717) is 0 Å². The van der Waals surface area contributed by atoms with Crippen molar-refractivity contribution >= 4 is 5.69 Å². The summed E-state index contributed by atoms with van der Waals surface area (Å²) in [4.78, 5) is 0. The van der Waals surface area contributed by atoms with Gasteiger partial charge in [0.1, 0.15) is 12.4 Å². The number of alkyl halides is 2. The highest BCUT2D eigenvalue weighted by Crippen LogP contribution is 2.30. The fourth-order valence-corrected chi connectivity index (χ4v) is 1.25. The van der Waals surface area contributed by atoms with E-state index >= 15 is 0 Å². The van der Waals surface area contributed by atoms with Crippen LogP contribution in [-0.2, 0) is 0 Å². The highest BCUT2D eigenvalue weighted by atomic mass is 19.3. The van der Waals surface area contributed by atoms with Crippen LogP contribution in [0.3, 0.4) is 0 Å². The van der Waals surface area contributed by atoms with Gasteiger partial charge >= 0.3 is 0 Å². The van der Waals surface area contributed by atoms with Crippen LogP contribution >= 0.6 is 0 Å². The molecule has 0 aliphatic heterocycles. The predicted octanol–water partition coefficient (Wildman–Crippen LogP) is 2.96. The smallest absolute Gasteiger partial charge is 0.272 e. The summed E-state index contributed by atoms with van der Waals surface area (Å²) in [5.41, 5.74) is -0.0198. The fraction of sp³-hybridized carbons (Fsp3) is 0.400. The molecular weight excluding hydrogens is 226 g/mol. The zero-order valence-corrected chi connectivity index (χ0v) is 8.78. The second-order valence-corrected chi connectivity index (χ2v) is 3.12. The number of hydrogen-bond donors (Lipinski definition) is 1. The largest absolute Gasteiger partial charge is 0.484 e. The number of ether oxygens (including phenoxy) is 1. The van der Waals surface area contributed by atoms with E-state index in [-0.39, 0.29) is 11.3 Å². The lowest BCUT2D eigenvalue weighted by Crippen LogP contribution is -2.10. The minimum Gasteiger partial charge on any atom is -0.484 e. The van der Waals surface area contributed by atoms with Gasteiger partial charge in [0.25, 0.3) is 6.43 Å². The van der Waals surface area contributed by atoms with Gasteiger partial charge in [-0.05, 0) is 6.92 Å². The van der Waals surface area contributed by atoms with Crippen molar-refractivity contribution in [1.29, 1.82) is 0 Å². The molecule has 0 spiro atoms. The van der Waals surface area contributed by atoms with Gasteiger partial charge in [-0.1, -0.05) is 0 Å². The number of nitrogens with one attached hydrogen (secondary N) is 1. The molecule has 1 rings (SSSR count). The van der Waals surface area contributed by atoms with E-state index in [9.17, 15) is 17.6 Å². The monoisotopic (exact) mass is 237 g/mol. The van der Waals surface area contributed by atoms with Crippen molar-refractivity contribution < 1.29 is 22.3 Å². The third-order valence-corrected chi connectivity index (χ3v) is 2.04. The average molecular weight is 237 g/mol. The van der Waals surface area contributed by atoms with Crippen LogP contribution in [0.5, 0.6) is 5.75 Å². The van der Waals surface area contributed by atoms with Crippen molar-refractivity contribution in [2.45, 2.75) is 13.3 Å². The summed E-state index contributed by atoms with van der Waals surface area (Å²) < 4.78 is 55.0. The number of benzene rings is 1. The Morgan fingerprint density at radius 3 is 2.50 bits per heavy atom. The molecule has 1 aromatic rings. The zero-order chi connectivity index (χ0) is 12.3. The van der Waals surface area contributed by atoms with Gasteiger partial charge < -0.3 is 10.1 Å². The van der Waals surface area contributed by atoms with Gasteiger partial charge in [-0.25, -0.2) is 17.6 Å². The molecule has 0 aromatic heterocycles.